The van der Waals surface area contributed by atoms with Crippen LogP contribution in [0.3, 0.4) is 0 Å². The Hall–Kier alpha value is -1.89. The van der Waals surface area contributed by atoms with Crippen LogP contribution in [0.15, 0.2) is 29.1 Å². The SMILES string of the molecule is CC1(C)Cc2sc3nc(-c4ccccc4Cl)n(N)c(=O)c3c2CO1. The number of hydrogen-bond acceptors (Lipinski definition) is 5. The summed E-state index contributed by atoms with van der Waals surface area (Å²) >= 11 is 7.78. The molecule has 0 atom stereocenters. The quantitative estimate of drug-likeness (QED) is 0.675. The van der Waals surface area contributed by atoms with E-state index in [9.17, 15) is 4.79 Å². The molecular formula is C17H16ClN3O2S. The molecule has 3 heterocycles. The van der Waals surface area contributed by atoms with E-state index in [0.29, 0.717) is 33.2 Å². The van der Waals surface area contributed by atoms with Gasteiger partial charge in [0.05, 0.1) is 22.6 Å². The van der Waals surface area contributed by atoms with Gasteiger partial charge in [-0.15, -0.1) is 11.3 Å². The van der Waals surface area contributed by atoms with Crippen molar-refractivity contribution in [3.63, 3.8) is 0 Å². The maximum absolute atomic E-state index is 12.8. The van der Waals surface area contributed by atoms with Gasteiger partial charge in [0.15, 0.2) is 5.82 Å². The Morgan fingerprint density at radius 3 is 2.88 bits per heavy atom. The van der Waals surface area contributed by atoms with Gasteiger partial charge in [0.2, 0.25) is 0 Å². The van der Waals surface area contributed by atoms with E-state index >= 15 is 0 Å². The second-order valence-electron chi connectivity index (χ2n) is 6.50. The lowest BCUT2D eigenvalue weighted by Gasteiger charge is -2.29. The largest absolute Gasteiger partial charge is 0.370 e. The van der Waals surface area contributed by atoms with Crippen LogP contribution >= 0.6 is 22.9 Å². The van der Waals surface area contributed by atoms with E-state index in [1.165, 1.54) is 11.3 Å². The molecule has 4 rings (SSSR count). The number of ether oxygens (including phenoxy) is 1. The Balaban J connectivity index is 1.99. The van der Waals surface area contributed by atoms with Crippen LogP contribution in [0.25, 0.3) is 21.6 Å². The monoisotopic (exact) mass is 361 g/mol. The van der Waals surface area contributed by atoms with Crippen LogP contribution in [0.4, 0.5) is 0 Å². The molecule has 0 bridgehead atoms. The maximum atomic E-state index is 12.8. The van der Waals surface area contributed by atoms with Gasteiger partial charge in [-0.25, -0.2) is 9.66 Å². The topological polar surface area (TPSA) is 70.1 Å². The summed E-state index contributed by atoms with van der Waals surface area (Å²) in [5.41, 5.74) is 1.05. The zero-order valence-corrected chi connectivity index (χ0v) is 14.9. The van der Waals surface area contributed by atoms with Gasteiger partial charge >= 0.3 is 0 Å². The third-order valence-electron chi connectivity index (χ3n) is 4.25. The van der Waals surface area contributed by atoms with Crippen molar-refractivity contribution in [2.45, 2.75) is 32.5 Å². The Labute approximate surface area is 147 Å². The standard InChI is InChI=1S/C17H16ClN3O2S/c1-17(2)7-12-10(8-23-17)13-15(24-12)20-14(21(19)16(13)22)9-5-3-4-6-11(9)18/h3-6H,7-8,19H2,1-2H3. The highest BCUT2D eigenvalue weighted by Gasteiger charge is 2.31. The molecule has 0 fully saturated rings. The van der Waals surface area contributed by atoms with E-state index < -0.39 is 0 Å². The van der Waals surface area contributed by atoms with Gasteiger partial charge in [-0.05, 0) is 26.0 Å². The molecule has 124 valence electrons. The zero-order valence-electron chi connectivity index (χ0n) is 13.3. The number of nitrogens with zero attached hydrogens (tertiary/aromatic N) is 2. The summed E-state index contributed by atoms with van der Waals surface area (Å²) in [4.78, 5) is 19.3. The van der Waals surface area contributed by atoms with Gasteiger partial charge in [0.25, 0.3) is 5.56 Å². The van der Waals surface area contributed by atoms with Gasteiger partial charge in [0, 0.05) is 22.4 Å². The number of hydrogen-bond donors (Lipinski definition) is 1. The van der Waals surface area contributed by atoms with Crippen molar-refractivity contribution in [3.05, 3.63) is 50.1 Å². The fourth-order valence-electron chi connectivity index (χ4n) is 3.00. The lowest BCUT2D eigenvalue weighted by Crippen LogP contribution is -2.33. The molecular weight excluding hydrogens is 346 g/mol. The van der Waals surface area contributed by atoms with Gasteiger partial charge in [-0.2, -0.15) is 0 Å². The molecule has 2 N–H and O–H groups in total. The average molecular weight is 362 g/mol. The second kappa shape index (κ2) is 5.31. The molecule has 1 aliphatic heterocycles. The van der Waals surface area contributed by atoms with Crippen LogP contribution in [-0.4, -0.2) is 15.3 Å². The molecule has 0 aliphatic carbocycles. The number of thiophene rings is 1. The minimum absolute atomic E-state index is 0.235. The van der Waals surface area contributed by atoms with E-state index in [4.69, 9.17) is 22.2 Å². The Morgan fingerprint density at radius 1 is 1.38 bits per heavy atom. The summed E-state index contributed by atoms with van der Waals surface area (Å²) < 4.78 is 6.94. The summed E-state index contributed by atoms with van der Waals surface area (Å²) in [6.07, 6.45) is 0.759. The third kappa shape index (κ3) is 2.33. The predicted molar refractivity (Wildman–Crippen MR) is 97.0 cm³/mol. The molecule has 0 saturated carbocycles. The summed E-state index contributed by atoms with van der Waals surface area (Å²) in [6.45, 7) is 4.50. The first-order chi connectivity index (χ1) is 11.4. The van der Waals surface area contributed by atoms with Crippen LogP contribution in [0, 0.1) is 0 Å². The van der Waals surface area contributed by atoms with E-state index in [0.717, 1.165) is 21.5 Å². The second-order valence-corrected chi connectivity index (χ2v) is 7.99. The van der Waals surface area contributed by atoms with Crippen molar-refractivity contribution >= 4 is 33.2 Å². The fourth-order valence-corrected chi connectivity index (χ4v) is 4.60. The highest BCUT2D eigenvalue weighted by molar-refractivity contribution is 7.18. The van der Waals surface area contributed by atoms with E-state index in [-0.39, 0.29) is 11.2 Å². The van der Waals surface area contributed by atoms with Crippen molar-refractivity contribution in [2.24, 2.45) is 0 Å². The molecule has 7 heteroatoms. The number of rotatable bonds is 1. The number of aromatic nitrogens is 2. The first-order valence-electron chi connectivity index (χ1n) is 7.58. The fraction of sp³-hybridized carbons (Fsp3) is 0.294. The van der Waals surface area contributed by atoms with Crippen molar-refractivity contribution in [2.75, 3.05) is 5.84 Å². The molecule has 2 aromatic heterocycles. The Bertz CT molecular complexity index is 1020. The molecule has 0 unspecified atom stereocenters. The molecule has 0 saturated heterocycles. The normalized spacial score (nSPS) is 16.3. The summed E-state index contributed by atoms with van der Waals surface area (Å²) in [6, 6.07) is 7.22. The third-order valence-corrected chi connectivity index (χ3v) is 5.70. The van der Waals surface area contributed by atoms with E-state index in [1.807, 2.05) is 26.0 Å². The van der Waals surface area contributed by atoms with Gasteiger partial charge in [0.1, 0.15) is 4.83 Å². The Kier molecular flexibility index (Phi) is 3.46. The van der Waals surface area contributed by atoms with E-state index in [1.54, 1.807) is 12.1 Å². The van der Waals surface area contributed by atoms with Crippen LogP contribution in [-0.2, 0) is 17.8 Å². The van der Waals surface area contributed by atoms with Crippen LogP contribution in [0.5, 0.6) is 0 Å². The molecule has 3 aromatic rings. The number of fused-ring (bicyclic) bond motifs is 3. The minimum Gasteiger partial charge on any atom is -0.370 e. The number of benzene rings is 1. The van der Waals surface area contributed by atoms with Crippen LogP contribution in [0.1, 0.15) is 24.3 Å². The summed E-state index contributed by atoms with van der Waals surface area (Å²) in [5, 5.41) is 1.07. The van der Waals surface area contributed by atoms with Crippen LogP contribution in [0.2, 0.25) is 5.02 Å². The molecule has 24 heavy (non-hydrogen) atoms. The lowest BCUT2D eigenvalue weighted by molar-refractivity contribution is -0.0382. The average Bonchev–Trinajstić information content (AvgIpc) is 2.87. The zero-order chi connectivity index (χ0) is 17.1. The Morgan fingerprint density at radius 2 is 2.12 bits per heavy atom. The first kappa shape index (κ1) is 15.6. The van der Waals surface area contributed by atoms with Gasteiger partial charge in [-0.3, -0.25) is 4.79 Å². The van der Waals surface area contributed by atoms with Gasteiger partial charge in [-0.1, -0.05) is 23.7 Å². The number of nitrogens with two attached hydrogens (primary N) is 1. The smallest absolute Gasteiger partial charge is 0.281 e. The highest BCUT2D eigenvalue weighted by Crippen LogP contribution is 2.37. The highest BCUT2D eigenvalue weighted by atomic mass is 35.5. The van der Waals surface area contributed by atoms with Crippen LogP contribution < -0.4 is 11.4 Å². The van der Waals surface area contributed by atoms with Gasteiger partial charge < -0.3 is 10.6 Å². The summed E-state index contributed by atoms with van der Waals surface area (Å²) in [7, 11) is 0. The lowest BCUT2D eigenvalue weighted by atomic mass is 9.98. The van der Waals surface area contributed by atoms with Crippen molar-refractivity contribution < 1.29 is 4.74 Å². The van der Waals surface area contributed by atoms with Crippen molar-refractivity contribution in [3.8, 4) is 11.4 Å². The predicted octanol–water partition coefficient (Wildman–Crippen LogP) is 3.34. The summed E-state index contributed by atoms with van der Waals surface area (Å²) in [5.74, 6) is 6.41. The number of nitrogen functional groups attached to an aromatic ring is 1. The van der Waals surface area contributed by atoms with Crippen molar-refractivity contribution in [1.82, 2.24) is 9.66 Å². The molecule has 1 aliphatic rings. The molecule has 0 spiro atoms. The number of halogens is 1. The minimum atomic E-state index is -0.268. The first-order valence-corrected chi connectivity index (χ1v) is 8.78. The molecule has 5 nitrogen and oxygen atoms in total. The molecule has 1 aromatic carbocycles. The van der Waals surface area contributed by atoms with E-state index in [2.05, 4.69) is 4.98 Å². The van der Waals surface area contributed by atoms with Crippen molar-refractivity contribution in [1.29, 1.82) is 0 Å². The molecule has 0 amide bonds. The molecule has 0 radical (unpaired) electrons. The maximum Gasteiger partial charge on any atom is 0.281 e.